The number of carbonyl (C=O) groups is 1. The van der Waals surface area contributed by atoms with Crippen LogP contribution in [0.1, 0.15) is 24.0 Å². The molecular weight excluding hydrogens is 417 g/mol. The molecule has 1 N–H and O–H groups in total. The zero-order valence-electron chi connectivity index (χ0n) is 14.5. The lowest BCUT2D eigenvalue weighted by Gasteiger charge is -2.17. The van der Waals surface area contributed by atoms with Crippen molar-refractivity contribution in [1.29, 1.82) is 0 Å². The van der Waals surface area contributed by atoms with E-state index < -0.39 is 26.7 Å². The molecule has 2 aromatic rings. The molecule has 150 valence electrons. The number of amides is 1. The van der Waals surface area contributed by atoms with Gasteiger partial charge in [0, 0.05) is 25.2 Å². The third-order valence-electron chi connectivity index (χ3n) is 4.27. The van der Waals surface area contributed by atoms with E-state index in [2.05, 4.69) is 4.72 Å². The third-order valence-corrected chi connectivity index (χ3v) is 6.13. The minimum atomic E-state index is -4.70. The molecule has 0 spiro atoms. The van der Waals surface area contributed by atoms with E-state index in [0.717, 1.165) is 18.6 Å². The van der Waals surface area contributed by atoms with Crippen LogP contribution in [0.3, 0.4) is 0 Å². The van der Waals surface area contributed by atoms with E-state index in [9.17, 15) is 26.4 Å². The molecule has 10 heteroatoms. The van der Waals surface area contributed by atoms with Crippen LogP contribution in [-0.2, 0) is 27.5 Å². The zero-order chi connectivity index (χ0) is 20.5. The summed E-state index contributed by atoms with van der Waals surface area (Å²) in [5, 5.41) is -0.320. The van der Waals surface area contributed by atoms with E-state index in [0.29, 0.717) is 31.1 Å². The topological polar surface area (TPSA) is 66.5 Å². The average Bonchev–Trinajstić information content (AvgIpc) is 2.99. The van der Waals surface area contributed by atoms with Crippen LogP contribution in [-0.4, -0.2) is 25.8 Å². The van der Waals surface area contributed by atoms with Crippen molar-refractivity contribution >= 4 is 33.2 Å². The summed E-state index contributed by atoms with van der Waals surface area (Å²) in [4.78, 5) is 12.7. The molecule has 28 heavy (non-hydrogen) atoms. The van der Waals surface area contributed by atoms with Crippen molar-refractivity contribution in [2.24, 2.45) is 0 Å². The molecule has 1 fully saturated rings. The summed E-state index contributed by atoms with van der Waals surface area (Å²) < 4.78 is 66.1. The molecule has 1 aliphatic heterocycles. The van der Waals surface area contributed by atoms with Crippen molar-refractivity contribution in [2.75, 3.05) is 11.3 Å². The maximum Gasteiger partial charge on any atom is 0.416 e. The molecule has 0 saturated carbocycles. The number of carbonyl (C=O) groups excluding carboxylic acids is 1. The number of hydrogen-bond donors (Lipinski definition) is 1. The van der Waals surface area contributed by atoms with E-state index >= 15 is 0 Å². The van der Waals surface area contributed by atoms with Crippen LogP contribution in [0.4, 0.5) is 18.9 Å². The minimum Gasteiger partial charge on any atom is -0.338 e. The molecule has 1 aliphatic rings. The number of alkyl halides is 3. The van der Waals surface area contributed by atoms with Gasteiger partial charge in [0.1, 0.15) is 4.90 Å². The van der Waals surface area contributed by atoms with Gasteiger partial charge in [-0.25, -0.2) is 8.42 Å². The van der Waals surface area contributed by atoms with Gasteiger partial charge in [-0.3, -0.25) is 9.52 Å². The highest BCUT2D eigenvalue weighted by Crippen LogP contribution is 2.34. The highest BCUT2D eigenvalue weighted by molar-refractivity contribution is 7.92. The van der Waals surface area contributed by atoms with Crippen LogP contribution in [0, 0.1) is 0 Å². The Morgan fingerprint density at radius 1 is 1.14 bits per heavy atom. The molecule has 0 bridgehead atoms. The number of sulfonamides is 1. The number of benzene rings is 2. The highest BCUT2D eigenvalue weighted by Gasteiger charge is 2.32. The zero-order valence-corrected chi connectivity index (χ0v) is 16.0. The Balaban J connectivity index is 1.85. The second-order valence-electron chi connectivity index (χ2n) is 6.37. The van der Waals surface area contributed by atoms with E-state index in [1.807, 2.05) is 0 Å². The fraction of sp³-hybridized carbons (Fsp3) is 0.278. The molecule has 0 aliphatic carbocycles. The SMILES string of the molecule is O=C1CCCN1Cc1cccc(NS(=O)(=O)c2cc(C(F)(F)F)ccc2Cl)c1. The van der Waals surface area contributed by atoms with Crippen LogP contribution < -0.4 is 4.72 Å². The molecule has 2 aromatic carbocycles. The first-order valence-electron chi connectivity index (χ1n) is 8.32. The fourth-order valence-electron chi connectivity index (χ4n) is 2.92. The van der Waals surface area contributed by atoms with Crippen LogP contribution >= 0.6 is 11.6 Å². The van der Waals surface area contributed by atoms with Gasteiger partial charge >= 0.3 is 6.18 Å². The molecule has 0 atom stereocenters. The molecule has 0 radical (unpaired) electrons. The number of rotatable bonds is 5. The van der Waals surface area contributed by atoms with E-state index in [1.54, 1.807) is 17.0 Å². The molecular formula is C18H16ClF3N2O3S. The van der Waals surface area contributed by atoms with Gasteiger partial charge < -0.3 is 4.90 Å². The molecule has 0 unspecified atom stereocenters. The average molecular weight is 433 g/mol. The number of likely N-dealkylation sites (tertiary alicyclic amines) is 1. The summed E-state index contributed by atoms with van der Waals surface area (Å²) in [6.45, 7) is 0.966. The molecule has 3 rings (SSSR count). The maximum atomic E-state index is 12.9. The molecule has 1 heterocycles. The van der Waals surface area contributed by atoms with Crippen molar-refractivity contribution in [3.8, 4) is 0 Å². The Kier molecular flexibility index (Phi) is 5.58. The predicted octanol–water partition coefficient (Wildman–Crippen LogP) is 4.28. The molecule has 1 amide bonds. The van der Waals surface area contributed by atoms with Crippen molar-refractivity contribution in [3.63, 3.8) is 0 Å². The van der Waals surface area contributed by atoms with Gasteiger partial charge in [0.05, 0.1) is 10.6 Å². The van der Waals surface area contributed by atoms with Crippen molar-refractivity contribution in [1.82, 2.24) is 4.90 Å². The first-order chi connectivity index (χ1) is 13.1. The Bertz CT molecular complexity index is 1010. The standard InChI is InChI=1S/C18H16ClF3N2O3S/c19-15-7-6-13(18(20,21)22)10-16(15)28(26,27)23-14-4-1-3-12(9-14)11-24-8-2-5-17(24)25/h1,3-4,6-7,9-10,23H,2,5,8,11H2. The van der Waals surface area contributed by atoms with E-state index in [-0.39, 0.29) is 16.6 Å². The van der Waals surface area contributed by atoms with Crippen molar-refractivity contribution in [2.45, 2.75) is 30.5 Å². The lowest BCUT2D eigenvalue weighted by Crippen LogP contribution is -2.23. The van der Waals surface area contributed by atoms with Crippen LogP contribution in [0.5, 0.6) is 0 Å². The Morgan fingerprint density at radius 2 is 1.89 bits per heavy atom. The van der Waals surface area contributed by atoms with Crippen LogP contribution in [0.25, 0.3) is 0 Å². The fourth-order valence-corrected chi connectivity index (χ4v) is 4.50. The number of halogens is 4. The summed E-state index contributed by atoms with van der Waals surface area (Å²) in [5.74, 6) is 0.0294. The van der Waals surface area contributed by atoms with E-state index in [4.69, 9.17) is 11.6 Å². The summed E-state index contributed by atoms with van der Waals surface area (Å²) in [7, 11) is -4.34. The van der Waals surface area contributed by atoms with Gasteiger partial charge in [-0.1, -0.05) is 23.7 Å². The summed E-state index contributed by atoms with van der Waals surface area (Å²) in [6.07, 6.45) is -3.43. The van der Waals surface area contributed by atoms with Crippen molar-refractivity contribution < 1.29 is 26.4 Å². The molecule has 1 saturated heterocycles. The monoisotopic (exact) mass is 432 g/mol. The van der Waals surface area contributed by atoms with Gasteiger partial charge in [-0.2, -0.15) is 13.2 Å². The summed E-state index contributed by atoms with van der Waals surface area (Å²) >= 11 is 5.83. The number of nitrogens with one attached hydrogen (secondary N) is 1. The van der Waals surface area contributed by atoms with Crippen LogP contribution in [0.2, 0.25) is 5.02 Å². The van der Waals surface area contributed by atoms with Gasteiger partial charge in [0.2, 0.25) is 5.91 Å². The molecule has 5 nitrogen and oxygen atoms in total. The molecule has 0 aromatic heterocycles. The predicted molar refractivity (Wildman–Crippen MR) is 98.4 cm³/mol. The third kappa shape index (κ3) is 4.59. The Hall–Kier alpha value is -2.26. The van der Waals surface area contributed by atoms with Gasteiger partial charge in [0.25, 0.3) is 10.0 Å². The maximum absolute atomic E-state index is 12.9. The van der Waals surface area contributed by atoms with E-state index in [1.165, 1.54) is 12.1 Å². The van der Waals surface area contributed by atoms with Gasteiger partial charge in [-0.15, -0.1) is 0 Å². The van der Waals surface area contributed by atoms with Gasteiger partial charge in [-0.05, 0) is 42.3 Å². The second kappa shape index (κ2) is 7.63. The highest BCUT2D eigenvalue weighted by atomic mass is 35.5. The first kappa shape index (κ1) is 20.5. The smallest absolute Gasteiger partial charge is 0.338 e. The van der Waals surface area contributed by atoms with Gasteiger partial charge in [0.15, 0.2) is 0 Å². The first-order valence-corrected chi connectivity index (χ1v) is 10.2. The summed E-state index contributed by atoms with van der Waals surface area (Å²) in [5.41, 5.74) is -0.248. The Morgan fingerprint density at radius 3 is 2.54 bits per heavy atom. The normalized spacial score (nSPS) is 15.1. The minimum absolute atomic E-state index is 0.0294. The Labute approximate surface area is 165 Å². The number of nitrogens with zero attached hydrogens (tertiary/aromatic N) is 1. The largest absolute Gasteiger partial charge is 0.416 e. The quantitative estimate of drug-likeness (QED) is 0.766. The summed E-state index contributed by atoms with van der Waals surface area (Å²) in [6, 6.07) is 8.45. The van der Waals surface area contributed by atoms with Crippen molar-refractivity contribution in [3.05, 3.63) is 58.6 Å². The second-order valence-corrected chi connectivity index (χ2v) is 8.43. The lowest BCUT2D eigenvalue weighted by atomic mass is 10.2. The lowest BCUT2D eigenvalue weighted by molar-refractivity contribution is -0.137. The number of hydrogen-bond acceptors (Lipinski definition) is 3. The van der Waals surface area contributed by atoms with Crippen LogP contribution in [0.15, 0.2) is 47.4 Å². The number of anilines is 1.